The Morgan fingerprint density at radius 2 is 1.75 bits per heavy atom. The number of hydrogen-bond donors (Lipinski definition) is 2. The van der Waals surface area contributed by atoms with Crippen LogP contribution in [0.2, 0.25) is 0 Å². The average molecular weight is 376 g/mol. The van der Waals surface area contributed by atoms with Gasteiger partial charge in [-0.2, -0.15) is 0 Å². The fraction of sp³-hybridized carbons (Fsp3) is 0.0952. The van der Waals surface area contributed by atoms with Crippen LogP contribution >= 0.6 is 0 Å². The van der Waals surface area contributed by atoms with E-state index in [1.54, 1.807) is 67.0 Å². The van der Waals surface area contributed by atoms with E-state index in [2.05, 4.69) is 4.98 Å². The predicted molar refractivity (Wildman–Crippen MR) is 106 cm³/mol. The summed E-state index contributed by atoms with van der Waals surface area (Å²) in [5.41, 5.74) is 14.1. The van der Waals surface area contributed by atoms with Crippen molar-refractivity contribution in [3.05, 3.63) is 89.7 Å². The molecule has 2 amide bonds. The summed E-state index contributed by atoms with van der Waals surface area (Å²) in [5, 5.41) is 0. The summed E-state index contributed by atoms with van der Waals surface area (Å²) < 4.78 is 5.45. The number of ether oxygens (including phenoxy) is 1. The predicted octanol–water partition coefficient (Wildman–Crippen LogP) is 3.11. The molecule has 28 heavy (non-hydrogen) atoms. The second-order valence-electron chi connectivity index (χ2n) is 6.08. The smallest absolute Gasteiger partial charge is 0.415 e. The highest BCUT2D eigenvalue weighted by Crippen LogP contribution is 2.26. The number of para-hydroxylation sites is 2. The maximum Gasteiger partial charge on any atom is 0.415 e. The molecule has 1 heterocycles. The maximum atomic E-state index is 12.9. The first-order valence-electron chi connectivity index (χ1n) is 8.61. The number of carbonyl (C=O) groups excluding carboxylic acids is 2. The third-order valence-corrected chi connectivity index (χ3v) is 4.14. The van der Waals surface area contributed by atoms with E-state index in [4.69, 9.17) is 16.2 Å². The molecule has 3 rings (SSSR count). The van der Waals surface area contributed by atoms with E-state index in [1.807, 2.05) is 6.07 Å². The molecule has 0 spiro atoms. The molecule has 0 saturated heterocycles. The lowest BCUT2D eigenvalue weighted by molar-refractivity contribution is 0.0999. The number of primary amides is 1. The molecule has 0 aliphatic heterocycles. The number of amides is 2. The SMILES string of the molecule is NC(=O)c1ccccc1CN(C(=O)OCc1cccnc1)c1ccccc1N. The van der Waals surface area contributed by atoms with Crippen LogP contribution in [0.15, 0.2) is 73.1 Å². The molecule has 0 bridgehead atoms. The zero-order valence-electron chi connectivity index (χ0n) is 15.1. The van der Waals surface area contributed by atoms with Crippen molar-refractivity contribution in [2.24, 2.45) is 5.73 Å². The van der Waals surface area contributed by atoms with Gasteiger partial charge in [-0.25, -0.2) is 4.79 Å². The Kier molecular flexibility index (Phi) is 5.86. The van der Waals surface area contributed by atoms with Crippen LogP contribution in [0.1, 0.15) is 21.5 Å². The van der Waals surface area contributed by atoms with Crippen molar-refractivity contribution in [3.63, 3.8) is 0 Å². The standard InChI is InChI=1S/C21H20N4O3/c22-18-9-3-4-10-19(18)25(13-16-7-1-2-8-17(16)20(23)26)21(27)28-14-15-6-5-11-24-12-15/h1-12H,13-14,22H2,(H2,23,26). The highest BCUT2D eigenvalue weighted by Gasteiger charge is 2.22. The number of carbonyl (C=O) groups is 2. The lowest BCUT2D eigenvalue weighted by atomic mass is 10.1. The Morgan fingerprint density at radius 1 is 1.00 bits per heavy atom. The monoisotopic (exact) mass is 376 g/mol. The molecule has 0 radical (unpaired) electrons. The number of aromatic nitrogens is 1. The van der Waals surface area contributed by atoms with Crippen LogP contribution in [0.4, 0.5) is 16.2 Å². The van der Waals surface area contributed by atoms with Crippen LogP contribution in [-0.2, 0) is 17.9 Å². The van der Waals surface area contributed by atoms with Crippen molar-refractivity contribution in [1.29, 1.82) is 0 Å². The van der Waals surface area contributed by atoms with Gasteiger partial charge < -0.3 is 16.2 Å². The van der Waals surface area contributed by atoms with Crippen molar-refractivity contribution < 1.29 is 14.3 Å². The highest BCUT2D eigenvalue weighted by atomic mass is 16.6. The van der Waals surface area contributed by atoms with E-state index < -0.39 is 12.0 Å². The van der Waals surface area contributed by atoms with Gasteiger partial charge in [0.05, 0.1) is 17.9 Å². The first-order chi connectivity index (χ1) is 13.6. The van der Waals surface area contributed by atoms with Gasteiger partial charge in [0.25, 0.3) is 0 Å². The molecule has 0 fully saturated rings. The van der Waals surface area contributed by atoms with Crippen molar-refractivity contribution >= 4 is 23.4 Å². The van der Waals surface area contributed by atoms with Gasteiger partial charge in [0, 0.05) is 23.5 Å². The Hall–Kier alpha value is -3.87. The van der Waals surface area contributed by atoms with Crippen molar-refractivity contribution in [3.8, 4) is 0 Å². The zero-order valence-corrected chi connectivity index (χ0v) is 15.1. The molecule has 4 N–H and O–H groups in total. The van der Waals surface area contributed by atoms with Crippen LogP contribution in [0.3, 0.4) is 0 Å². The molecule has 3 aromatic rings. The third kappa shape index (κ3) is 4.45. The van der Waals surface area contributed by atoms with Crippen LogP contribution in [0.5, 0.6) is 0 Å². The lowest BCUT2D eigenvalue weighted by Crippen LogP contribution is -2.32. The van der Waals surface area contributed by atoms with Crippen LogP contribution < -0.4 is 16.4 Å². The van der Waals surface area contributed by atoms with Crippen molar-refractivity contribution in [2.75, 3.05) is 10.6 Å². The molecule has 0 aliphatic carbocycles. The number of nitrogen functional groups attached to an aromatic ring is 1. The first-order valence-corrected chi connectivity index (χ1v) is 8.61. The number of benzene rings is 2. The van der Waals surface area contributed by atoms with E-state index >= 15 is 0 Å². The highest BCUT2D eigenvalue weighted by molar-refractivity contribution is 5.96. The number of nitrogens with two attached hydrogens (primary N) is 2. The quantitative estimate of drug-likeness (QED) is 0.642. The summed E-state index contributed by atoms with van der Waals surface area (Å²) in [6, 6.07) is 17.4. The van der Waals surface area contributed by atoms with Gasteiger partial charge in [0.2, 0.25) is 5.91 Å². The molecular formula is C21H20N4O3. The summed E-state index contributed by atoms with van der Waals surface area (Å²) in [6.45, 7) is 0.145. The minimum atomic E-state index is -0.596. The fourth-order valence-electron chi connectivity index (χ4n) is 2.76. The lowest BCUT2D eigenvalue weighted by Gasteiger charge is -2.24. The molecule has 0 aliphatic rings. The van der Waals surface area contributed by atoms with Gasteiger partial charge in [0.15, 0.2) is 0 Å². The second-order valence-corrected chi connectivity index (χ2v) is 6.08. The maximum absolute atomic E-state index is 12.9. The third-order valence-electron chi connectivity index (χ3n) is 4.14. The molecule has 0 saturated carbocycles. The van der Waals surface area contributed by atoms with E-state index in [0.717, 1.165) is 5.56 Å². The second kappa shape index (κ2) is 8.68. The van der Waals surface area contributed by atoms with Gasteiger partial charge in [-0.3, -0.25) is 14.7 Å². The van der Waals surface area contributed by atoms with E-state index in [1.165, 1.54) is 4.90 Å². The Bertz CT molecular complexity index is 976. The van der Waals surface area contributed by atoms with E-state index in [9.17, 15) is 9.59 Å². The number of pyridine rings is 1. The molecule has 142 valence electrons. The van der Waals surface area contributed by atoms with Gasteiger partial charge in [0.1, 0.15) is 6.61 Å². The molecule has 0 unspecified atom stereocenters. The van der Waals surface area contributed by atoms with Crippen LogP contribution in [-0.4, -0.2) is 17.0 Å². The summed E-state index contributed by atoms with van der Waals surface area (Å²) >= 11 is 0. The fourth-order valence-corrected chi connectivity index (χ4v) is 2.76. The molecular weight excluding hydrogens is 356 g/mol. The van der Waals surface area contributed by atoms with E-state index in [0.29, 0.717) is 22.5 Å². The number of anilines is 2. The van der Waals surface area contributed by atoms with Crippen LogP contribution in [0, 0.1) is 0 Å². The topological polar surface area (TPSA) is 112 Å². The Morgan fingerprint density at radius 3 is 2.46 bits per heavy atom. The minimum Gasteiger partial charge on any atom is -0.444 e. The molecule has 7 heteroatoms. The van der Waals surface area contributed by atoms with Crippen molar-refractivity contribution in [2.45, 2.75) is 13.2 Å². The average Bonchev–Trinajstić information content (AvgIpc) is 2.72. The molecule has 0 atom stereocenters. The zero-order chi connectivity index (χ0) is 19.9. The largest absolute Gasteiger partial charge is 0.444 e. The van der Waals surface area contributed by atoms with Gasteiger partial charge >= 0.3 is 6.09 Å². The van der Waals surface area contributed by atoms with Gasteiger partial charge in [-0.1, -0.05) is 36.4 Å². The Balaban J connectivity index is 1.89. The molecule has 2 aromatic carbocycles. The summed E-state index contributed by atoms with van der Waals surface area (Å²) in [7, 11) is 0. The molecule has 7 nitrogen and oxygen atoms in total. The van der Waals surface area contributed by atoms with Crippen molar-refractivity contribution in [1.82, 2.24) is 4.98 Å². The first kappa shape index (κ1) is 18.9. The number of rotatable bonds is 6. The van der Waals surface area contributed by atoms with Gasteiger partial charge in [-0.15, -0.1) is 0 Å². The summed E-state index contributed by atoms with van der Waals surface area (Å²) in [6.07, 6.45) is 2.67. The van der Waals surface area contributed by atoms with E-state index in [-0.39, 0.29) is 13.2 Å². The van der Waals surface area contributed by atoms with Gasteiger partial charge in [-0.05, 0) is 29.8 Å². The summed E-state index contributed by atoms with van der Waals surface area (Å²) in [4.78, 5) is 30.0. The summed E-state index contributed by atoms with van der Waals surface area (Å²) in [5.74, 6) is -0.569. The number of nitrogens with zero attached hydrogens (tertiary/aromatic N) is 2. The minimum absolute atomic E-state index is 0.0629. The number of hydrogen-bond acceptors (Lipinski definition) is 5. The van der Waals surface area contributed by atoms with Crippen LogP contribution in [0.25, 0.3) is 0 Å². The normalized spacial score (nSPS) is 10.3. The molecule has 1 aromatic heterocycles. The Labute approximate surface area is 162 Å².